The molecule has 2 heterocycles. The van der Waals surface area contributed by atoms with E-state index in [-0.39, 0.29) is 12.5 Å². The summed E-state index contributed by atoms with van der Waals surface area (Å²) < 4.78 is 11.5. The molecule has 1 aliphatic heterocycles. The number of amides is 1. The van der Waals surface area contributed by atoms with E-state index >= 15 is 0 Å². The Balaban J connectivity index is 1.28. The summed E-state index contributed by atoms with van der Waals surface area (Å²) >= 11 is 12.6. The number of hydrogen-bond donors (Lipinski definition) is 0. The fraction of sp³-hybridized carbons (Fsp3) is 0.320. The van der Waals surface area contributed by atoms with Crippen LogP contribution in [0.25, 0.3) is 0 Å². The normalized spacial score (nSPS) is 14.5. The average Bonchev–Trinajstić information content (AvgIpc) is 3.29. The molecule has 1 amide bonds. The molecule has 1 aromatic heterocycles. The lowest BCUT2D eigenvalue weighted by molar-refractivity contribution is 0.0594. The van der Waals surface area contributed by atoms with E-state index in [0.717, 1.165) is 30.8 Å². The van der Waals surface area contributed by atoms with Crippen molar-refractivity contribution in [3.8, 4) is 5.75 Å². The molecule has 32 heavy (non-hydrogen) atoms. The van der Waals surface area contributed by atoms with Gasteiger partial charge in [-0.15, -0.1) is 0 Å². The Kier molecular flexibility index (Phi) is 7.40. The maximum Gasteiger partial charge on any atom is 0.289 e. The molecule has 0 radical (unpaired) electrons. The van der Waals surface area contributed by atoms with Crippen LogP contribution in [0.3, 0.4) is 0 Å². The summed E-state index contributed by atoms with van der Waals surface area (Å²) in [5.74, 6) is 1.65. The largest absolute Gasteiger partial charge is 0.486 e. The molecule has 3 aromatic rings. The Hall–Kier alpha value is -2.47. The van der Waals surface area contributed by atoms with Crippen molar-refractivity contribution in [1.82, 2.24) is 9.80 Å². The number of ether oxygens (including phenoxy) is 1. The molecule has 0 saturated carbocycles. The fourth-order valence-electron chi connectivity index (χ4n) is 3.72. The lowest BCUT2D eigenvalue weighted by Crippen LogP contribution is -2.48. The van der Waals surface area contributed by atoms with Gasteiger partial charge in [-0.2, -0.15) is 0 Å². The molecule has 1 saturated heterocycles. The van der Waals surface area contributed by atoms with E-state index < -0.39 is 0 Å². The number of furan rings is 1. The lowest BCUT2D eigenvalue weighted by atomic mass is 10.2. The molecule has 2 aromatic carbocycles. The Bertz CT molecular complexity index is 1040. The zero-order chi connectivity index (χ0) is 22.5. The molecule has 0 unspecified atom stereocenters. The van der Waals surface area contributed by atoms with E-state index in [1.54, 1.807) is 12.1 Å². The van der Waals surface area contributed by atoms with Crippen LogP contribution in [-0.4, -0.2) is 41.9 Å². The average molecular weight is 473 g/mol. The van der Waals surface area contributed by atoms with Gasteiger partial charge >= 0.3 is 0 Å². The minimum absolute atomic E-state index is 0.0982. The van der Waals surface area contributed by atoms with E-state index in [4.69, 9.17) is 32.4 Å². The summed E-state index contributed by atoms with van der Waals surface area (Å²) in [6, 6.07) is 17.0. The van der Waals surface area contributed by atoms with E-state index in [1.165, 1.54) is 5.56 Å². The van der Waals surface area contributed by atoms with Crippen LogP contribution >= 0.6 is 23.2 Å². The molecule has 0 spiro atoms. The molecule has 4 rings (SSSR count). The van der Waals surface area contributed by atoms with Crippen molar-refractivity contribution in [2.75, 3.05) is 26.2 Å². The Morgan fingerprint density at radius 2 is 1.66 bits per heavy atom. The van der Waals surface area contributed by atoms with E-state index in [9.17, 15) is 4.79 Å². The summed E-state index contributed by atoms with van der Waals surface area (Å²) in [6.07, 6.45) is 0.992. The first-order valence-electron chi connectivity index (χ1n) is 10.8. The van der Waals surface area contributed by atoms with Crippen LogP contribution in [0.2, 0.25) is 10.0 Å². The zero-order valence-electron chi connectivity index (χ0n) is 18.0. The van der Waals surface area contributed by atoms with Gasteiger partial charge in [0.1, 0.15) is 18.1 Å². The van der Waals surface area contributed by atoms with Crippen LogP contribution in [-0.2, 0) is 19.6 Å². The molecule has 1 aliphatic rings. The SMILES string of the molecule is CCc1ccc(OCc2ccc(C(=O)N3CCN(Cc4c(Cl)cccc4Cl)CC3)o2)cc1. The van der Waals surface area contributed by atoms with E-state index in [0.29, 0.717) is 41.2 Å². The van der Waals surface area contributed by atoms with Crippen LogP contribution in [0.15, 0.2) is 59.0 Å². The summed E-state index contributed by atoms with van der Waals surface area (Å²) in [6.45, 7) is 5.81. The van der Waals surface area contributed by atoms with Crippen molar-refractivity contribution in [3.63, 3.8) is 0 Å². The monoisotopic (exact) mass is 472 g/mol. The minimum atomic E-state index is -0.0982. The first-order chi connectivity index (χ1) is 15.5. The number of nitrogens with zero attached hydrogens (tertiary/aromatic N) is 2. The summed E-state index contributed by atoms with van der Waals surface area (Å²) in [4.78, 5) is 16.9. The van der Waals surface area contributed by atoms with Gasteiger partial charge in [0.05, 0.1) is 0 Å². The molecule has 0 bridgehead atoms. The van der Waals surface area contributed by atoms with Crippen LogP contribution in [0, 0.1) is 0 Å². The van der Waals surface area contributed by atoms with Crippen LogP contribution in [0.5, 0.6) is 5.75 Å². The number of hydrogen-bond acceptors (Lipinski definition) is 4. The van der Waals surface area contributed by atoms with Gasteiger partial charge in [-0.25, -0.2) is 0 Å². The quantitative estimate of drug-likeness (QED) is 0.443. The third-order valence-corrected chi connectivity index (χ3v) is 6.40. The van der Waals surface area contributed by atoms with Crippen LogP contribution in [0.1, 0.15) is 34.4 Å². The highest BCUT2D eigenvalue weighted by atomic mass is 35.5. The molecule has 7 heteroatoms. The standard InChI is InChI=1S/C25H26Cl2N2O3/c1-2-18-6-8-19(9-7-18)31-17-20-10-11-24(32-20)25(30)29-14-12-28(13-15-29)16-21-22(26)4-3-5-23(21)27/h3-11H,2,12-17H2,1H3. The van der Waals surface area contributed by atoms with Crippen LogP contribution < -0.4 is 4.74 Å². The summed E-state index contributed by atoms with van der Waals surface area (Å²) in [5.41, 5.74) is 2.19. The number of rotatable bonds is 7. The number of carbonyl (C=O) groups excluding carboxylic acids is 1. The molecule has 5 nitrogen and oxygen atoms in total. The van der Waals surface area contributed by atoms with Crippen molar-refractivity contribution < 1.29 is 13.9 Å². The molecular weight excluding hydrogens is 447 g/mol. The summed E-state index contributed by atoms with van der Waals surface area (Å²) in [5, 5.41) is 1.34. The molecular formula is C25H26Cl2N2O3. The van der Waals surface area contributed by atoms with Crippen molar-refractivity contribution >= 4 is 29.1 Å². The molecule has 168 valence electrons. The van der Waals surface area contributed by atoms with Gasteiger partial charge in [-0.3, -0.25) is 9.69 Å². The Morgan fingerprint density at radius 1 is 0.969 bits per heavy atom. The maximum absolute atomic E-state index is 12.9. The van der Waals surface area contributed by atoms with Crippen LogP contribution in [0.4, 0.5) is 0 Å². The van der Waals surface area contributed by atoms with Crippen molar-refractivity contribution in [2.24, 2.45) is 0 Å². The second-order valence-corrected chi connectivity index (χ2v) is 8.64. The zero-order valence-corrected chi connectivity index (χ0v) is 19.5. The lowest BCUT2D eigenvalue weighted by Gasteiger charge is -2.34. The van der Waals surface area contributed by atoms with E-state index in [1.807, 2.05) is 47.4 Å². The van der Waals surface area contributed by atoms with E-state index in [2.05, 4.69) is 11.8 Å². The van der Waals surface area contributed by atoms with Crippen molar-refractivity contribution in [3.05, 3.63) is 87.3 Å². The first kappa shape index (κ1) is 22.7. The van der Waals surface area contributed by atoms with Gasteiger partial charge in [0.2, 0.25) is 0 Å². The molecule has 0 atom stereocenters. The molecule has 0 N–H and O–H groups in total. The summed E-state index contributed by atoms with van der Waals surface area (Å²) in [7, 11) is 0. The number of piperazine rings is 1. The highest BCUT2D eigenvalue weighted by Crippen LogP contribution is 2.26. The highest BCUT2D eigenvalue weighted by Gasteiger charge is 2.25. The number of halogens is 2. The Morgan fingerprint density at radius 3 is 2.31 bits per heavy atom. The smallest absolute Gasteiger partial charge is 0.289 e. The maximum atomic E-state index is 12.9. The highest BCUT2D eigenvalue weighted by molar-refractivity contribution is 6.35. The fourth-order valence-corrected chi connectivity index (χ4v) is 4.24. The Labute approximate surface area is 198 Å². The predicted molar refractivity (Wildman–Crippen MR) is 127 cm³/mol. The topological polar surface area (TPSA) is 45.9 Å². The minimum Gasteiger partial charge on any atom is -0.486 e. The molecule has 1 fully saturated rings. The van der Waals surface area contributed by atoms with Crippen molar-refractivity contribution in [1.29, 1.82) is 0 Å². The van der Waals surface area contributed by atoms with Gasteiger partial charge in [-0.05, 0) is 48.4 Å². The second-order valence-electron chi connectivity index (χ2n) is 7.82. The first-order valence-corrected chi connectivity index (χ1v) is 11.5. The molecule has 0 aliphatic carbocycles. The second kappa shape index (κ2) is 10.4. The predicted octanol–water partition coefficient (Wildman–Crippen LogP) is 5.69. The van der Waals surface area contributed by atoms with Gasteiger partial charge in [0, 0.05) is 48.3 Å². The number of carbonyl (C=O) groups is 1. The van der Waals surface area contributed by atoms with Crippen molar-refractivity contribution in [2.45, 2.75) is 26.5 Å². The third kappa shape index (κ3) is 5.47. The number of benzene rings is 2. The third-order valence-electron chi connectivity index (χ3n) is 5.69. The van der Waals surface area contributed by atoms with Gasteiger partial charge in [-0.1, -0.05) is 48.3 Å². The van der Waals surface area contributed by atoms with Gasteiger partial charge < -0.3 is 14.1 Å². The van der Waals surface area contributed by atoms with Gasteiger partial charge in [0.15, 0.2) is 5.76 Å². The number of aryl methyl sites for hydroxylation is 1. The van der Waals surface area contributed by atoms with Gasteiger partial charge in [0.25, 0.3) is 5.91 Å².